The molecule has 15 heavy (non-hydrogen) atoms. The molecule has 0 atom stereocenters. The van der Waals surface area contributed by atoms with Crippen LogP contribution in [-0.2, 0) is 36.5 Å². The van der Waals surface area contributed by atoms with Gasteiger partial charge in [0.25, 0.3) is 0 Å². The first-order valence-corrected chi connectivity index (χ1v) is 1.75. The quantitative estimate of drug-likeness (QED) is 0.431. The monoisotopic (exact) mass is 373 g/mol. The van der Waals surface area contributed by atoms with E-state index in [0.717, 1.165) is 0 Å². The molecule has 0 aliphatic heterocycles. The molecule has 0 unspecified atom stereocenters. The van der Waals surface area contributed by atoms with Gasteiger partial charge >= 0.3 is 131 Å². The van der Waals surface area contributed by atoms with Crippen molar-refractivity contribution in [2.45, 2.75) is 0 Å². The van der Waals surface area contributed by atoms with Crippen molar-refractivity contribution in [3.8, 4) is 0 Å². The molecule has 0 saturated carbocycles. The summed E-state index contributed by atoms with van der Waals surface area (Å²) in [6, 6.07) is 0. The SMILES string of the molecule is F[B-](F)(F)F.F[B-](F)(F)F.[Cu+2].[KH].[LiH].[NaH].[Zn]. The maximum absolute atomic E-state index is 9.75. The zero-order valence-electron chi connectivity index (χ0n) is 5.19. The molecule has 0 heterocycles. The van der Waals surface area contributed by atoms with Crippen LogP contribution in [0.5, 0.6) is 0 Å². The van der Waals surface area contributed by atoms with Gasteiger partial charge in [0.1, 0.15) is 0 Å². The Balaban J connectivity index is -0.0000000128. The van der Waals surface area contributed by atoms with Crippen molar-refractivity contribution in [1.82, 2.24) is 0 Å². The minimum atomic E-state index is -6.00. The Kier molecular flexibility index (Phi) is 57.8. The van der Waals surface area contributed by atoms with Crippen molar-refractivity contribution in [2.24, 2.45) is 0 Å². The van der Waals surface area contributed by atoms with E-state index in [-0.39, 0.29) is 136 Å². The number of hydrogen-bond donors (Lipinski definition) is 0. The first-order chi connectivity index (χ1) is 4.00. The molecule has 1 radical (unpaired) electrons. The van der Waals surface area contributed by atoms with Crippen molar-refractivity contribution in [3.63, 3.8) is 0 Å². The molecular weight excluding hydrogens is 372 g/mol. The first-order valence-electron chi connectivity index (χ1n) is 1.75. The van der Waals surface area contributed by atoms with E-state index < -0.39 is 14.5 Å². The summed E-state index contributed by atoms with van der Waals surface area (Å²) < 4.78 is 78.0. The molecule has 0 aromatic rings. The van der Waals surface area contributed by atoms with Gasteiger partial charge in [0, 0.05) is 19.5 Å². The first kappa shape index (κ1) is 42.8. The Bertz CT molecular complexity index is 75.6. The van der Waals surface area contributed by atoms with Gasteiger partial charge in [0.05, 0.1) is 0 Å². The van der Waals surface area contributed by atoms with Crippen molar-refractivity contribution >= 4 is 114 Å². The van der Waals surface area contributed by atoms with Crippen molar-refractivity contribution < 1.29 is 71.1 Å². The number of rotatable bonds is 0. The fourth-order valence-electron chi connectivity index (χ4n) is 0. The summed E-state index contributed by atoms with van der Waals surface area (Å²) >= 11 is 0. The van der Waals surface area contributed by atoms with E-state index >= 15 is 0 Å². The summed E-state index contributed by atoms with van der Waals surface area (Å²) in [5.41, 5.74) is 0. The molecule has 0 N–H and O–H groups in total. The minimum absolute atomic E-state index is 0. The Morgan fingerprint density at radius 3 is 0.600 bits per heavy atom. The molecule has 0 aliphatic carbocycles. The molecule has 0 aromatic heterocycles. The van der Waals surface area contributed by atoms with Gasteiger partial charge in [-0.15, -0.1) is 0 Å². The van der Waals surface area contributed by atoms with Gasteiger partial charge in [-0.2, -0.15) is 0 Å². The molecule has 0 spiro atoms. The van der Waals surface area contributed by atoms with Crippen LogP contribution in [0.2, 0.25) is 0 Å². The van der Waals surface area contributed by atoms with Crippen LogP contribution < -0.4 is 0 Å². The molecule has 0 aliphatic rings. The summed E-state index contributed by atoms with van der Waals surface area (Å²) in [5.74, 6) is 0. The van der Waals surface area contributed by atoms with E-state index in [0.29, 0.717) is 0 Å². The van der Waals surface area contributed by atoms with Crippen LogP contribution in [0.1, 0.15) is 0 Å². The summed E-state index contributed by atoms with van der Waals surface area (Å²) in [6.07, 6.45) is 0. The zero-order chi connectivity index (χ0) is 9.00. The average Bonchev–Trinajstić information content (AvgIpc) is 1.12. The van der Waals surface area contributed by atoms with E-state index in [1.165, 1.54) is 0 Å². The molecule has 0 nitrogen and oxygen atoms in total. The van der Waals surface area contributed by atoms with Crippen molar-refractivity contribution in [3.05, 3.63) is 0 Å². The number of hydrogen-bond acceptors (Lipinski definition) is 0. The van der Waals surface area contributed by atoms with Gasteiger partial charge in [-0.25, -0.2) is 0 Å². The van der Waals surface area contributed by atoms with Crippen LogP contribution in [0.4, 0.5) is 34.5 Å². The third-order valence-electron chi connectivity index (χ3n) is 0. The Hall–Kier alpha value is 3.95. The van der Waals surface area contributed by atoms with E-state index in [4.69, 9.17) is 0 Å². The number of halogens is 8. The van der Waals surface area contributed by atoms with Gasteiger partial charge in [-0.1, -0.05) is 0 Å². The molecule has 15 heteroatoms. The fourth-order valence-corrected chi connectivity index (χ4v) is 0. The molecule has 0 bridgehead atoms. The smallest absolute Gasteiger partial charge is 0 e. The summed E-state index contributed by atoms with van der Waals surface area (Å²) in [7, 11) is -12.0. The Labute approximate surface area is 182 Å². The standard InChI is InChI=1S/2BF4.Cu.K.Li.Na.Zn.3H/c2*2-1(3,4)5;;;;;;;;/q2*-1;+2;;;;;;;. The normalized spacial score (nSPS) is 8.00. The van der Waals surface area contributed by atoms with Crippen molar-refractivity contribution in [1.29, 1.82) is 0 Å². The third kappa shape index (κ3) is 293. The Morgan fingerprint density at radius 1 is 0.600 bits per heavy atom. The molecule has 0 saturated heterocycles. The maximum atomic E-state index is 9.75. The molecule has 0 aromatic carbocycles. The predicted octanol–water partition coefficient (Wildman–Crippen LogP) is 0.650. The van der Waals surface area contributed by atoms with E-state index in [9.17, 15) is 34.5 Å². The van der Waals surface area contributed by atoms with Gasteiger partial charge in [-0.05, 0) is 0 Å². The van der Waals surface area contributed by atoms with Gasteiger partial charge in [0.2, 0.25) is 0 Å². The van der Waals surface area contributed by atoms with Crippen LogP contribution in [0.15, 0.2) is 0 Å². The second kappa shape index (κ2) is 20.3. The van der Waals surface area contributed by atoms with E-state index in [1.54, 1.807) is 0 Å². The Morgan fingerprint density at radius 2 is 0.600 bits per heavy atom. The van der Waals surface area contributed by atoms with Gasteiger partial charge < -0.3 is 34.5 Å². The van der Waals surface area contributed by atoms with E-state index in [1.807, 2.05) is 0 Å². The van der Waals surface area contributed by atoms with E-state index in [2.05, 4.69) is 0 Å². The van der Waals surface area contributed by atoms with Crippen molar-refractivity contribution in [2.75, 3.05) is 0 Å². The average molecular weight is 375 g/mol. The summed E-state index contributed by atoms with van der Waals surface area (Å²) in [5, 5.41) is 0. The topological polar surface area (TPSA) is 0 Å². The third-order valence-corrected chi connectivity index (χ3v) is 0. The summed E-state index contributed by atoms with van der Waals surface area (Å²) in [6.45, 7) is 0. The molecule has 0 fully saturated rings. The molecule has 0 amide bonds. The molecule has 81 valence electrons. The second-order valence-electron chi connectivity index (χ2n) is 0.990. The van der Waals surface area contributed by atoms with Gasteiger partial charge in [0.15, 0.2) is 0 Å². The summed E-state index contributed by atoms with van der Waals surface area (Å²) in [4.78, 5) is 0. The fraction of sp³-hybridized carbons (Fsp3) is 0. The largest absolute Gasteiger partial charge is 0 e. The minimum Gasteiger partial charge on any atom is 0 e. The van der Waals surface area contributed by atoms with Crippen LogP contribution in [-0.4, -0.2) is 114 Å². The van der Waals surface area contributed by atoms with Crippen LogP contribution in [0.25, 0.3) is 0 Å². The maximum Gasteiger partial charge on any atom is 0 e. The van der Waals surface area contributed by atoms with Crippen LogP contribution >= 0.6 is 0 Å². The van der Waals surface area contributed by atoms with Crippen LogP contribution in [0.3, 0.4) is 0 Å². The van der Waals surface area contributed by atoms with Crippen LogP contribution in [0, 0.1) is 0 Å². The molecule has 0 rings (SSSR count). The second-order valence-corrected chi connectivity index (χ2v) is 0.990. The van der Waals surface area contributed by atoms with Gasteiger partial charge in [-0.3, -0.25) is 0 Å². The predicted molar refractivity (Wildman–Crippen MR) is 41.8 cm³/mol. The molecular formula is H3B2CuF8KLiNaZn. The zero-order valence-corrected chi connectivity index (χ0v) is 9.10.